The molecular formula is C34H32BrN3O9S. The number of fused-ring (bicyclic) bond motifs is 1. The number of halogens is 1. The van der Waals surface area contributed by atoms with Gasteiger partial charge in [0.05, 0.1) is 54.2 Å². The highest BCUT2D eigenvalue weighted by molar-refractivity contribution is 9.10. The van der Waals surface area contributed by atoms with Crippen molar-refractivity contribution in [3.05, 3.63) is 117 Å². The number of nitro groups is 1. The van der Waals surface area contributed by atoms with Gasteiger partial charge >= 0.3 is 5.97 Å². The van der Waals surface area contributed by atoms with E-state index in [1.54, 1.807) is 62.4 Å². The summed E-state index contributed by atoms with van der Waals surface area (Å²) in [6.07, 6.45) is 1.73. The predicted octanol–water partition coefficient (Wildman–Crippen LogP) is 5.46. The third kappa shape index (κ3) is 6.99. The maximum Gasteiger partial charge on any atom is 0.338 e. The molecular weight excluding hydrogens is 706 g/mol. The summed E-state index contributed by atoms with van der Waals surface area (Å²) < 4.78 is 30.7. The van der Waals surface area contributed by atoms with E-state index in [1.165, 1.54) is 42.3 Å². The molecule has 0 spiro atoms. The minimum absolute atomic E-state index is 0.00153. The van der Waals surface area contributed by atoms with Crippen LogP contribution in [0.2, 0.25) is 0 Å². The second kappa shape index (κ2) is 14.9. The van der Waals surface area contributed by atoms with Gasteiger partial charge in [0.25, 0.3) is 11.2 Å². The SMILES string of the molecule is CCOC(=O)C1=C(C)N=c2s/c(=C\c3ccc(OCc4ccc([N+](=O)[O-])cc4)c(OCC)c3)c(=O)n2[C@H]1c1cc(OC)c(OC)cc1Br. The zero-order valence-corrected chi connectivity index (χ0v) is 29.2. The van der Waals surface area contributed by atoms with Crippen LogP contribution < -0.4 is 33.8 Å². The van der Waals surface area contributed by atoms with E-state index in [4.69, 9.17) is 23.7 Å². The summed E-state index contributed by atoms with van der Waals surface area (Å²) in [5.41, 5.74) is 2.33. The summed E-state index contributed by atoms with van der Waals surface area (Å²) in [5, 5.41) is 11.0. The van der Waals surface area contributed by atoms with Crippen LogP contribution in [0, 0.1) is 10.1 Å². The first-order valence-electron chi connectivity index (χ1n) is 14.8. The molecule has 0 saturated carbocycles. The van der Waals surface area contributed by atoms with Crippen LogP contribution in [-0.4, -0.2) is 42.9 Å². The molecule has 1 aliphatic heterocycles. The van der Waals surface area contributed by atoms with Crippen LogP contribution >= 0.6 is 27.3 Å². The van der Waals surface area contributed by atoms with Gasteiger partial charge in [-0.05, 0) is 79.9 Å². The summed E-state index contributed by atoms with van der Waals surface area (Å²) >= 11 is 4.81. The minimum atomic E-state index is -0.870. The Labute approximate surface area is 287 Å². The number of carbonyl (C=O) groups is 1. The summed E-state index contributed by atoms with van der Waals surface area (Å²) in [4.78, 5) is 43.1. The van der Waals surface area contributed by atoms with Crippen molar-refractivity contribution in [3.63, 3.8) is 0 Å². The van der Waals surface area contributed by atoms with E-state index in [0.717, 1.165) is 5.56 Å². The predicted molar refractivity (Wildman–Crippen MR) is 183 cm³/mol. The van der Waals surface area contributed by atoms with E-state index in [9.17, 15) is 19.7 Å². The lowest BCUT2D eigenvalue weighted by Crippen LogP contribution is -2.40. The molecule has 1 aliphatic rings. The number of non-ortho nitro benzene ring substituents is 1. The minimum Gasteiger partial charge on any atom is -0.493 e. The van der Waals surface area contributed by atoms with Crippen LogP contribution in [0.4, 0.5) is 5.69 Å². The molecule has 250 valence electrons. The number of hydrogen-bond donors (Lipinski definition) is 0. The van der Waals surface area contributed by atoms with Gasteiger partial charge in [0.1, 0.15) is 6.61 Å². The lowest BCUT2D eigenvalue weighted by atomic mass is 9.95. The van der Waals surface area contributed by atoms with Gasteiger partial charge in [0.15, 0.2) is 27.8 Å². The van der Waals surface area contributed by atoms with E-state index in [1.807, 2.05) is 6.92 Å². The summed E-state index contributed by atoms with van der Waals surface area (Å²) in [6, 6.07) is 14.0. The quantitative estimate of drug-likeness (QED) is 0.105. The Balaban J connectivity index is 1.57. The van der Waals surface area contributed by atoms with Gasteiger partial charge < -0.3 is 23.7 Å². The molecule has 48 heavy (non-hydrogen) atoms. The van der Waals surface area contributed by atoms with Crippen LogP contribution in [0.5, 0.6) is 23.0 Å². The zero-order valence-electron chi connectivity index (χ0n) is 26.8. The molecule has 12 nitrogen and oxygen atoms in total. The smallest absolute Gasteiger partial charge is 0.338 e. The number of methoxy groups -OCH3 is 2. The van der Waals surface area contributed by atoms with Gasteiger partial charge in [-0.3, -0.25) is 19.5 Å². The van der Waals surface area contributed by atoms with Crippen molar-refractivity contribution in [2.24, 2.45) is 4.99 Å². The Morgan fingerprint density at radius 2 is 1.71 bits per heavy atom. The van der Waals surface area contributed by atoms with Crippen LogP contribution in [0.3, 0.4) is 0 Å². The molecule has 0 unspecified atom stereocenters. The molecule has 3 aromatic carbocycles. The normalized spacial score (nSPS) is 14.2. The van der Waals surface area contributed by atoms with Crippen LogP contribution in [0.15, 0.2) is 80.1 Å². The molecule has 2 heterocycles. The molecule has 1 atom stereocenters. The van der Waals surface area contributed by atoms with Crippen molar-refractivity contribution in [1.29, 1.82) is 0 Å². The number of carbonyl (C=O) groups excluding carboxylic acids is 1. The highest BCUT2D eigenvalue weighted by Gasteiger charge is 2.35. The second-order valence-electron chi connectivity index (χ2n) is 10.4. The molecule has 0 radical (unpaired) electrons. The van der Waals surface area contributed by atoms with Crippen molar-refractivity contribution < 1.29 is 33.4 Å². The number of aromatic nitrogens is 1. The Hall–Kier alpha value is -4.95. The maximum atomic E-state index is 14.2. The van der Waals surface area contributed by atoms with Crippen molar-refractivity contribution >= 4 is 45.0 Å². The fourth-order valence-corrected chi connectivity index (χ4v) is 6.78. The first kappa shape index (κ1) is 34.4. The highest BCUT2D eigenvalue weighted by atomic mass is 79.9. The number of rotatable bonds is 12. The zero-order chi connectivity index (χ0) is 34.5. The molecule has 0 bridgehead atoms. The molecule has 0 N–H and O–H groups in total. The third-order valence-corrected chi connectivity index (χ3v) is 9.09. The Kier molecular flexibility index (Phi) is 10.6. The van der Waals surface area contributed by atoms with E-state index < -0.39 is 16.9 Å². The average Bonchev–Trinajstić information content (AvgIpc) is 3.37. The topological polar surface area (TPSA) is 141 Å². The molecule has 1 aromatic heterocycles. The fraction of sp³-hybridized carbons (Fsp3) is 0.265. The monoisotopic (exact) mass is 737 g/mol. The summed E-state index contributed by atoms with van der Waals surface area (Å²) in [7, 11) is 3.03. The third-order valence-electron chi connectivity index (χ3n) is 7.42. The number of hydrogen-bond acceptors (Lipinski definition) is 11. The molecule has 0 amide bonds. The molecule has 5 rings (SSSR count). The fourth-order valence-electron chi connectivity index (χ4n) is 5.19. The second-order valence-corrected chi connectivity index (χ2v) is 12.2. The lowest BCUT2D eigenvalue weighted by Gasteiger charge is -2.26. The van der Waals surface area contributed by atoms with Crippen LogP contribution in [0.25, 0.3) is 6.08 Å². The first-order valence-corrected chi connectivity index (χ1v) is 16.4. The Morgan fingerprint density at radius 3 is 2.35 bits per heavy atom. The summed E-state index contributed by atoms with van der Waals surface area (Å²) in [6.45, 7) is 5.97. The molecule has 0 fully saturated rings. The lowest BCUT2D eigenvalue weighted by molar-refractivity contribution is -0.384. The standard InChI is InChI=1S/C34H32BrN3O9S/c1-6-45-28-14-21(10-13-25(28)47-18-20-8-11-22(12-9-20)38(41)42)15-29-32(39)37-31(23-16-26(43-4)27(44-5)17-24(23)35)30(33(40)46-7-2)19(3)36-34(37)48-29/h8-17,31H,6-7,18H2,1-5H3/b29-15-/t31-/m0/s1. The number of ether oxygens (including phenoxy) is 5. The van der Waals surface area contributed by atoms with Crippen molar-refractivity contribution in [3.8, 4) is 23.0 Å². The van der Waals surface area contributed by atoms with Gasteiger partial charge in [-0.1, -0.05) is 33.3 Å². The van der Waals surface area contributed by atoms with Crippen molar-refractivity contribution in [1.82, 2.24) is 4.57 Å². The van der Waals surface area contributed by atoms with E-state index >= 15 is 0 Å². The van der Waals surface area contributed by atoms with Gasteiger partial charge in [-0.2, -0.15) is 0 Å². The number of esters is 1. The first-order chi connectivity index (χ1) is 23.1. The highest BCUT2D eigenvalue weighted by Crippen LogP contribution is 2.41. The number of allylic oxidation sites excluding steroid dienone is 1. The van der Waals surface area contributed by atoms with E-state index in [0.29, 0.717) is 60.2 Å². The molecule has 14 heteroatoms. The molecule has 4 aromatic rings. The van der Waals surface area contributed by atoms with Crippen LogP contribution in [0.1, 0.15) is 43.5 Å². The number of nitro benzene ring substituents is 1. The Morgan fingerprint density at radius 1 is 1.00 bits per heavy atom. The van der Waals surface area contributed by atoms with E-state index in [-0.39, 0.29) is 30.0 Å². The van der Waals surface area contributed by atoms with Gasteiger partial charge in [0, 0.05) is 16.6 Å². The summed E-state index contributed by atoms with van der Waals surface area (Å²) in [5.74, 6) is 1.26. The number of thiazole rings is 1. The van der Waals surface area contributed by atoms with E-state index in [2.05, 4.69) is 20.9 Å². The number of nitrogens with zero attached hydrogens (tertiary/aromatic N) is 3. The van der Waals surface area contributed by atoms with Gasteiger partial charge in [-0.15, -0.1) is 0 Å². The van der Waals surface area contributed by atoms with Crippen LogP contribution in [-0.2, 0) is 16.1 Å². The average molecular weight is 739 g/mol. The Bertz CT molecular complexity index is 2090. The van der Waals surface area contributed by atoms with Crippen molar-refractivity contribution in [2.75, 3.05) is 27.4 Å². The van der Waals surface area contributed by atoms with Crippen molar-refractivity contribution in [2.45, 2.75) is 33.4 Å². The largest absolute Gasteiger partial charge is 0.493 e. The molecule has 0 aliphatic carbocycles. The maximum absolute atomic E-state index is 14.2. The van der Waals surface area contributed by atoms with Gasteiger partial charge in [0.2, 0.25) is 0 Å². The molecule has 0 saturated heterocycles. The van der Waals surface area contributed by atoms with Gasteiger partial charge in [-0.25, -0.2) is 9.79 Å². The number of benzene rings is 3.